The van der Waals surface area contributed by atoms with Gasteiger partial charge >= 0.3 is 5.97 Å². The van der Waals surface area contributed by atoms with Crippen molar-refractivity contribution in [2.24, 2.45) is 11.8 Å². The van der Waals surface area contributed by atoms with Gasteiger partial charge in [-0.1, -0.05) is 18.2 Å². The molecule has 2 aliphatic rings. The van der Waals surface area contributed by atoms with Gasteiger partial charge in [0.2, 0.25) is 11.8 Å². The van der Waals surface area contributed by atoms with Crippen LogP contribution in [0.15, 0.2) is 42.5 Å². The van der Waals surface area contributed by atoms with Gasteiger partial charge in [0.1, 0.15) is 0 Å². The average Bonchev–Trinajstić information content (AvgIpc) is 3.05. The van der Waals surface area contributed by atoms with Crippen molar-refractivity contribution in [1.29, 1.82) is 0 Å². The number of fused-ring (bicyclic) bond motifs is 1. The molecular weight excluding hydrogens is 479 g/mol. The van der Waals surface area contributed by atoms with Gasteiger partial charge in [-0.15, -0.1) is 23.2 Å². The number of nitrogens with zero attached hydrogens (tertiary/aromatic N) is 1. The number of ether oxygens (including phenoxy) is 1. The number of aryl methyl sites for hydroxylation is 1. The Kier molecular flexibility index (Phi) is 6.96. The van der Waals surface area contributed by atoms with Gasteiger partial charge in [0.15, 0.2) is 6.61 Å². The molecule has 0 spiro atoms. The number of anilines is 2. The van der Waals surface area contributed by atoms with Crippen molar-refractivity contribution in [3.63, 3.8) is 0 Å². The first-order valence-corrected chi connectivity index (χ1v) is 11.8. The summed E-state index contributed by atoms with van der Waals surface area (Å²) in [6, 6.07) is 11.6. The van der Waals surface area contributed by atoms with E-state index in [4.69, 9.17) is 27.9 Å². The molecule has 1 N–H and O–H groups in total. The van der Waals surface area contributed by atoms with Gasteiger partial charge in [-0.3, -0.25) is 19.3 Å². The van der Waals surface area contributed by atoms with E-state index >= 15 is 0 Å². The molecule has 0 aromatic heterocycles. The number of esters is 1. The Hall–Kier alpha value is -2.90. The minimum atomic E-state index is -0.740. The molecule has 1 heterocycles. The maximum absolute atomic E-state index is 13.0. The molecule has 2 aromatic rings. The summed E-state index contributed by atoms with van der Waals surface area (Å²) in [5.41, 5.74) is 3.00. The third-order valence-corrected chi connectivity index (χ3v) is 7.56. The number of halogens is 2. The molecule has 0 radical (unpaired) electrons. The van der Waals surface area contributed by atoms with Gasteiger partial charge in [-0.25, -0.2) is 4.79 Å². The Morgan fingerprint density at radius 3 is 2.26 bits per heavy atom. The lowest BCUT2D eigenvalue weighted by Crippen LogP contribution is -2.34. The summed E-state index contributed by atoms with van der Waals surface area (Å²) in [5.74, 6) is -2.94. The van der Waals surface area contributed by atoms with E-state index in [-0.39, 0.29) is 33.8 Å². The highest BCUT2D eigenvalue weighted by Gasteiger charge is 2.52. The second kappa shape index (κ2) is 9.76. The largest absolute Gasteiger partial charge is 0.452 e. The smallest absolute Gasteiger partial charge is 0.338 e. The Bertz CT molecular complexity index is 1140. The van der Waals surface area contributed by atoms with Crippen LogP contribution in [0.1, 0.15) is 34.3 Å². The maximum Gasteiger partial charge on any atom is 0.338 e. The van der Waals surface area contributed by atoms with Crippen LogP contribution in [0, 0.1) is 25.7 Å². The summed E-state index contributed by atoms with van der Waals surface area (Å²) < 4.78 is 5.15. The number of benzene rings is 2. The molecule has 7 nitrogen and oxygen atoms in total. The lowest BCUT2D eigenvalue weighted by Gasteiger charge is -2.28. The van der Waals surface area contributed by atoms with Crippen molar-refractivity contribution >= 4 is 58.3 Å². The van der Waals surface area contributed by atoms with Crippen LogP contribution in [0.5, 0.6) is 0 Å². The molecule has 0 unspecified atom stereocenters. The SMILES string of the molecule is Cc1cccc(NC(=O)COC(=O)c2cccc(N3C(=O)[C@@H]4C[C@@H](Cl)[C@@H](Cl)C[C@H]4C3=O)c2)c1C. The Labute approximate surface area is 207 Å². The molecule has 178 valence electrons. The molecule has 9 heteroatoms. The van der Waals surface area contributed by atoms with E-state index in [1.165, 1.54) is 12.1 Å². The predicted octanol–water partition coefficient (Wildman–Crippen LogP) is 4.21. The minimum Gasteiger partial charge on any atom is -0.452 e. The van der Waals surface area contributed by atoms with E-state index in [1.54, 1.807) is 18.2 Å². The molecule has 3 amide bonds. The van der Waals surface area contributed by atoms with Crippen molar-refractivity contribution in [1.82, 2.24) is 0 Å². The van der Waals surface area contributed by atoms with Crippen LogP contribution in [0.4, 0.5) is 11.4 Å². The number of alkyl halides is 2. The lowest BCUT2D eigenvalue weighted by atomic mass is 9.80. The van der Waals surface area contributed by atoms with E-state index in [9.17, 15) is 19.2 Å². The van der Waals surface area contributed by atoms with Crippen molar-refractivity contribution in [3.8, 4) is 0 Å². The number of hydrogen-bond donors (Lipinski definition) is 1. The van der Waals surface area contributed by atoms with Crippen LogP contribution in [0.2, 0.25) is 0 Å². The quantitative estimate of drug-likeness (QED) is 0.375. The van der Waals surface area contributed by atoms with Crippen molar-refractivity contribution in [3.05, 3.63) is 59.2 Å². The Balaban J connectivity index is 1.42. The number of amides is 3. The molecule has 1 saturated carbocycles. The van der Waals surface area contributed by atoms with E-state index in [0.29, 0.717) is 18.5 Å². The van der Waals surface area contributed by atoms with E-state index in [1.807, 2.05) is 26.0 Å². The second-order valence-corrected chi connectivity index (χ2v) is 9.77. The molecule has 1 aliphatic heterocycles. The zero-order chi connectivity index (χ0) is 24.6. The van der Waals surface area contributed by atoms with Crippen molar-refractivity contribution < 1.29 is 23.9 Å². The fraction of sp³-hybridized carbons (Fsp3) is 0.360. The highest BCUT2D eigenvalue weighted by molar-refractivity contribution is 6.31. The average molecular weight is 503 g/mol. The highest BCUT2D eigenvalue weighted by Crippen LogP contribution is 2.43. The molecule has 34 heavy (non-hydrogen) atoms. The molecule has 1 saturated heterocycles. The monoisotopic (exact) mass is 502 g/mol. The molecular formula is C25H24Cl2N2O5. The van der Waals surface area contributed by atoms with E-state index in [2.05, 4.69) is 5.32 Å². The number of imide groups is 1. The molecule has 0 bridgehead atoms. The third-order valence-electron chi connectivity index (χ3n) is 6.46. The van der Waals surface area contributed by atoms with Crippen LogP contribution in [-0.4, -0.2) is 41.1 Å². The van der Waals surface area contributed by atoms with Crippen LogP contribution >= 0.6 is 23.2 Å². The second-order valence-electron chi connectivity index (χ2n) is 8.65. The molecule has 4 atom stereocenters. The van der Waals surface area contributed by atoms with Crippen LogP contribution < -0.4 is 10.2 Å². The zero-order valence-electron chi connectivity index (χ0n) is 18.7. The normalized spacial score (nSPS) is 24.1. The molecule has 2 aromatic carbocycles. The third kappa shape index (κ3) is 4.68. The van der Waals surface area contributed by atoms with Gasteiger partial charge in [-0.2, -0.15) is 0 Å². The summed E-state index contributed by atoms with van der Waals surface area (Å²) in [5, 5.41) is 1.97. The summed E-state index contributed by atoms with van der Waals surface area (Å²) in [6.07, 6.45) is 0.664. The fourth-order valence-electron chi connectivity index (χ4n) is 4.41. The number of rotatable bonds is 5. The van der Waals surface area contributed by atoms with Crippen LogP contribution in [-0.2, 0) is 19.1 Å². The van der Waals surface area contributed by atoms with Gasteiger partial charge in [-0.05, 0) is 62.1 Å². The van der Waals surface area contributed by atoms with E-state index in [0.717, 1.165) is 16.0 Å². The van der Waals surface area contributed by atoms with Gasteiger partial charge in [0, 0.05) is 5.69 Å². The van der Waals surface area contributed by atoms with Crippen LogP contribution in [0.25, 0.3) is 0 Å². The van der Waals surface area contributed by atoms with Crippen molar-refractivity contribution in [2.45, 2.75) is 37.4 Å². The first-order chi connectivity index (χ1) is 16.2. The van der Waals surface area contributed by atoms with Gasteiger partial charge < -0.3 is 10.1 Å². The summed E-state index contributed by atoms with van der Waals surface area (Å²) in [7, 11) is 0. The number of carbonyl (C=O) groups excluding carboxylic acids is 4. The first-order valence-electron chi connectivity index (χ1n) is 11.0. The lowest BCUT2D eigenvalue weighted by molar-refractivity contribution is -0.122. The Morgan fingerprint density at radius 1 is 1.00 bits per heavy atom. The Morgan fingerprint density at radius 2 is 1.62 bits per heavy atom. The highest BCUT2D eigenvalue weighted by atomic mass is 35.5. The van der Waals surface area contributed by atoms with E-state index < -0.39 is 30.3 Å². The number of carbonyl (C=O) groups is 4. The zero-order valence-corrected chi connectivity index (χ0v) is 20.2. The topological polar surface area (TPSA) is 92.8 Å². The summed E-state index contributed by atoms with van der Waals surface area (Å²) >= 11 is 12.5. The standard InChI is InChI=1S/C25H24Cl2N2O5/c1-13-5-3-8-21(14(13)2)28-22(30)12-34-25(33)15-6-4-7-16(9-15)29-23(31)17-10-19(26)20(27)11-18(17)24(29)32/h3-9,17-20H,10-12H2,1-2H3,(H,28,30)/t17-,18-,19-,20+/m1/s1. The minimum absolute atomic E-state index is 0.123. The van der Waals surface area contributed by atoms with Crippen LogP contribution in [0.3, 0.4) is 0 Å². The summed E-state index contributed by atoms with van der Waals surface area (Å²) in [4.78, 5) is 51.8. The summed E-state index contributed by atoms with van der Waals surface area (Å²) in [6.45, 7) is 3.35. The molecule has 2 fully saturated rings. The van der Waals surface area contributed by atoms with Gasteiger partial charge in [0.05, 0.1) is 33.8 Å². The number of nitrogens with one attached hydrogen (secondary N) is 1. The first kappa shape index (κ1) is 24.2. The molecule has 4 rings (SSSR count). The number of hydrogen-bond acceptors (Lipinski definition) is 5. The van der Waals surface area contributed by atoms with Gasteiger partial charge in [0.25, 0.3) is 5.91 Å². The predicted molar refractivity (Wildman–Crippen MR) is 129 cm³/mol. The molecule has 1 aliphatic carbocycles. The van der Waals surface area contributed by atoms with Crippen molar-refractivity contribution in [2.75, 3.05) is 16.8 Å². The fourth-order valence-corrected chi connectivity index (χ4v) is 5.00. The maximum atomic E-state index is 13.0.